The monoisotopic (exact) mass is 274 g/mol. The molecular weight excluding hydrogens is 260 g/mol. The first-order valence-electron chi connectivity index (χ1n) is 4.72. The zero-order chi connectivity index (χ0) is 11.6. The van der Waals surface area contributed by atoms with Crippen LogP contribution in [0.3, 0.4) is 0 Å². The van der Waals surface area contributed by atoms with E-state index in [1.54, 1.807) is 13.1 Å². The molecule has 0 radical (unpaired) electrons. The van der Waals surface area contributed by atoms with Gasteiger partial charge in [-0.15, -0.1) is 0 Å². The maximum absolute atomic E-state index is 11.6. The molecule has 0 bridgehead atoms. The fraction of sp³-hybridized carbons (Fsp3) is 0.556. The lowest BCUT2D eigenvalue weighted by atomic mass is 10.3. The van der Waals surface area contributed by atoms with Crippen molar-refractivity contribution in [3.8, 4) is 0 Å². The molecule has 0 fully saturated rings. The van der Waals surface area contributed by atoms with Gasteiger partial charge in [-0.3, -0.25) is 9.48 Å². The molecule has 0 spiro atoms. The molecule has 0 aliphatic carbocycles. The number of carbonyl (C=O) groups excluding carboxylic acids is 1. The largest absolute Gasteiger partial charge is 0.381 e. The van der Waals surface area contributed by atoms with Crippen LogP contribution in [0.4, 0.5) is 5.82 Å². The van der Waals surface area contributed by atoms with E-state index in [0.717, 1.165) is 0 Å². The van der Waals surface area contributed by atoms with Gasteiger partial charge in [-0.2, -0.15) is 5.10 Å². The number of nitrogens with two attached hydrogens (primary N) is 1. The summed E-state index contributed by atoms with van der Waals surface area (Å²) in [7, 11) is 0. The van der Waals surface area contributed by atoms with Crippen molar-refractivity contribution in [2.24, 2.45) is 0 Å². The lowest BCUT2D eigenvalue weighted by molar-refractivity contribution is -0.124. The molecular formula is C9H15BrN4O. The highest BCUT2D eigenvalue weighted by molar-refractivity contribution is 9.10. The van der Waals surface area contributed by atoms with Gasteiger partial charge in [0, 0.05) is 12.2 Å². The summed E-state index contributed by atoms with van der Waals surface area (Å²) in [5, 5.41) is 6.84. The molecule has 0 aliphatic heterocycles. The first-order valence-corrected chi connectivity index (χ1v) is 5.51. The third-order valence-corrected chi connectivity index (χ3v) is 2.53. The Bertz CT molecular complexity index is 341. The standard InChI is InChI=1S/C9H15BrN4O/c1-5(2)12-9(15)6(3)14-4-7(10)8(11)13-14/h4-6H,1-3H3,(H2,11,13)(H,12,15). The highest BCUT2D eigenvalue weighted by atomic mass is 79.9. The Kier molecular flexibility index (Phi) is 3.73. The first-order chi connectivity index (χ1) is 6.91. The highest BCUT2D eigenvalue weighted by Crippen LogP contribution is 2.19. The van der Waals surface area contributed by atoms with Crippen molar-refractivity contribution >= 4 is 27.7 Å². The Morgan fingerprint density at radius 3 is 2.60 bits per heavy atom. The number of nitrogens with one attached hydrogen (secondary N) is 1. The number of hydrogen-bond acceptors (Lipinski definition) is 3. The molecule has 1 aromatic rings. The van der Waals surface area contributed by atoms with E-state index in [4.69, 9.17) is 5.73 Å². The van der Waals surface area contributed by atoms with E-state index in [2.05, 4.69) is 26.3 Å². The van der Waals surface area contributed by atoms with Crippen molar-refractivity contribution in [2.45, 2.75) is 32.9 Å². The van der Waals surface area contributed by atoms with E-state index >= 15 is 0 Å². The number of amides is 1. The van der Waals surface area contributed by atoms with Crippen LogP contribution in [0.2, 0.25) is 0 Å². The Hall–Kier alpha value is -1.04. The van der Waals surface area contributed by atoms with Crippen LogP contribution in [0.5, 0.6) is 0 Å². The van der Waals surface area contributed by atoms with E-state index in [-0.39, 0.29) is 18.0 Å². The zero-order valence-corrected chi connectivity index (χ0v) is 10.6. The van der Waals surface area contributed by atoms with Crippen molar-refractivity contribution in [1.82, 2.24) is 15.1 Å². The lowest BCUT2D eigenvalue weighted by Crippen LogP contribution is -2.35. The van der Waals surface area contributed by atoms with Gasteiger partial charge in [-0.1, -0.05) is 0 Å². The average molecular weight is 275 g/mol. The normalized spacial score (nSPS) is 12.9. The fourth-order valence-electron chi connectivity index (χ4n) is 1.11. The van der Waals surface area contributed by atoms with Gasteiger partial charge in [0.25, 0.3) is 0 Å². The van der Waals surface area contributed by atoms with Crippen LogP contribution in [0.15, 0.2) is 10.7 Å². The van der Waals surface area contributed by atoms with Gasteiger partial charge in [0.05, 0.1) is 4.47 Å². The maximum atomic E-state index is 11.6. The van der Waals surface area contributed by atoms with Crippen LogP contribution in [0.25, 0.3) is 0 Å². The Balaban J connectivity index is 2.76. The molecule has 0 aromatic carbocycles. The highest BCUT2D eigenvalue weighted by Gasteiger charge is 2.17. The molecule has 1 unspecified atom stereocenters. The number of carbonyl (C=O) groups is 1. The molecule has 0 saturated heterocycles. The fourth-order valence-corrected chi connectivity index (χ4v) is 1.40. The predicted molar refractivity (Wildman–Crippen MR) is 62.3 cm³/mol. The summed E-state index contributed by atoms with van der Waals surface area (Å²) in [6.45, 7) is 5.60. The molecule has 1 amide bonds. The van der Waals surface area contributed by atoms with E-state index in [0.29, 0.717) is 10.3 Å². The summed E-state index contributed by atoms with van der Waals surface area (Å²) in [6.07, 6.45) is 1.69. The summed E-state index contributed by atoms with van der Waals surface area (Å²) < 4.78 is 2.24. The van der Waals surface area contributed by atoms with E-state index < -0.39 is 0 Å². The molecule has 1 rings (SSSR count). The van der Waals surface area contributed by atoms with Crippen molar-refractivity contribution in [2.75, 3.05) is 5.73 Å². The van der Waals surface area contributed by atoms with E-state index in [9.17, 15) is 4.79 Å². The number of anilines is 1. The van der Waals surface area contributed by atoms with Crippen LogP contribution >= 0.6 is 15.9 Å². The van der Waals surface area contributed by atoms with Crippen LogP contribution in [-0.4, -0.2) is 21.7 Å². The topological polar surface area (TPSA) is 72.9 Å². The van der Waals surface area contributed by atoms with E-state index in [1.807, 2.05) is 13.8 Å². The molecule has 1 atom stereocenters. The van der Waals surface area contributed by atoms with Crippen LogP contribution in [0, 0.1) is 0 Å². The molecule has 0 saturated carbocycles. The van der Waals surface area contributed by atoms with Crippen molar-refractivity contribution in [1.29, 1.82) is 0 Å². The summed E-state index contributed by atoms with van der Waals surface area (Å²) in [5.41, 5.74) is 5.57. The molecule has 0 aliphatic rings. The molecule has 6 heteroatoms. The quantitative estimate of drug-likeness (QED) is 0.873. The first kappa shape index (κ1) is 12.0. The SMILES string of the molecule is CC(C)NC(=O)C(C)n1cc(Br)c(N)n1. The Morgan fingerprint density at radius 1 is 1.60 bits per heavy atom. The van der Waals surface area contributed by atoms with Gasteiger partial charge in [0.15, 0.2) is 5.82 Å². The zero-order valence-electron chi connectivity index (χ0n) is 8.99. The number of rotatable bonds is 3. The molecule has 1 aromatic heterocycles. The van der Waals surface area contributed by atoms with Crippen LogP contribution in [-0.2, 0) is 4.79 Å². The molecule has 84 valence electrons. The third kappa shape index (κ3) is 2.95. The smallest absolute Gasteiger partial charge is 0.244 e. The number of aromatic nitrogens is 2. The van der Waals surface area contributed by atoms with Gasteiger partial charge in [-0.25, -0.2) is 0 Å². The number of nitrogens with zero attached hydrogens (tertiary/aromatic N) is 2. The summed E-state index contributed by atoms with van der Waals surface area (Å²) in [5.74, 6) is 0.319. The van der Waals surface area contributed by atoms with Gasteiger partial charge in [-0.05, 0) is 36.7 Å². The lowest BCUT2D eigenvalue weighted by Gasteiger charge is -2.14. The second kappa shape index (κ2) is 4.65. The van der Waals surface area contributed by atoms with Gasteiger partial charge in [0.1, 0.15) is 6.04 Å². The van der Waals surface area contributed by atoms with Crippen molar-refractivity contribution < 1.29 is 4.79 Å². The summed E-state index contributed by atoms with van der Waals surface area (Å²) in [6, 6.07) is -0.239. The Morgan fingerprint density at radius 2 is 2.20 bits per heavy atom. The molecule has 3 N–H and O–H groups in total. The third-order valence-electron chi connectivity index (χ3n) is 1.92. The maximum Gasteiger partial charge on any atom is 0.244 e. The second-order valence-electron chi connectivity index (χ2n) is 3.68. The number of nitrogen functional groups attached to an aromatic ring is 1. The van der Waals surface area contributed by atoms with Crippen molar-refractivity contribution in [3.05, 3.63) is 10.7 Å². The number of halogens is 1. The van der Waals surface area contributed by atoms with Crippen LogP contribution in [0.1, 0.15) is 26.8 Å². The summed E-state index contributed by atoms with van der Waals surface area (Å²) >= 11 is 3.24. The Labute approximate surface area is 97.1 Å². The predicted octanol–water partition coefficient (Wildman–Crippen LogP) is 1.31. The van der Waals surface area contributed by atoms with Crippen LogP contribution < -0.4 is 11.1 Å². The molecule has 5 nitrogen and oxygen atoms in total. The van der Waals surface area contributed by atoms with E-state index in [1.165, 1.54) is 4.68 Å². The minimum Gasteiger partial charge on any atom is -0.381 e. The average Bonchev–Trinajstić information content (AvgIpc) is 2.44. The molecule has 1 heterocycles. The van der Waals surface area contributed by atoms with Gasteiger partial charge >= 0.3 is 0 Å². The second-order valence-corrected chi connectivity index (χ2v) is 4.54. The molecule has 15 heavy (non-hydrogen) atoms. The van der Waals surface area contributed by atoms with Gasteiger partial charge < -0.3 is 11.1 Å². The minimum absolute atomic E-state index is 0.0694. The number of hydrogen-bond donors (Lipinski definition) is 2. The summed E-state index contributed by atoms with van der Waals surface area (Å²) in [4.78, 5) is 11.6. The van der Waals surface area contributed by atoms with Crippen molar-refractivity contribution in [3.63, 3.8) is 0 Å². The minimum atomic E-state index is -0.360. The van der Waals surface area contributed by atoms with Gasteiger partial charge in [0.2, 0.25) is 5.91 Å².